The van der Waals surface area contributed by atoms with E-state index in [-0.39, 0.29) is 0 Å². The number of hydrogen-bond acceptors (Lipinski definition) is 1. The second-order valence-electron chi connectivity index (χ2n) is 4.38. The second-order valence-corrected chi connectivity index (χ2v) is 4.38. The van der Waals surface area contributed by atoms with E-state index in [1.54, 1.807) is 0 Å². The molecule has 0 aliphatic carbocycles. The Morgan fingerprint density at radius 3 is 2.50 bits per heavy atom. The topological polar surface area (TPSA) is 40.5 Å². The van der Waals surface area contributed by atoms with Gasteiger partial charge in [-0.05, 0) is 17.5 Å². The van der Waals surface area contributed by atoms with Crippen LogP contribution >= 0.6 is 0 Å². The predicted octanol–water partition coefficient (Wildman–Crippen LogP) is 2.72. The zero-order valence-electron chi connectivity index (χ0n) is 9.52. The van der Waals surface area contributed by atoms with E-state index in [9.17, 15) is 4.79 Å². The van der Waals surface area contributed by atoms with E-state index >= 15 is 0 Å². The van der Waals surface area contributed by atoms with Gasteiger partial charge in [-0.3, -0.25) is 0 Å². The van der Waals surface area contributed by atoms with Crippen LogP contribution in [0.4, 0.5) is 4.79 Å². The SMILES string of the molecule is CCCc1ccc(C2CN(C(=O)O)C2)cc1. The van der Waals surface area contributed by atoms with Crippen LogP contribution in [0, 0.1) is 0 Å². The van der Waals surface area contributed by atoms with Crippen LogP contribution < -0.4 is 0 Å². The third-order valence-corrected chi connectivity index (χ3v) is 3.14. The molecule has 1 fully saturated rings. The molecule has 1 aliphatic rings. The van der Waals surface area contributed by atoms with E-state index in [2.05, 4.69) is 31.2 Å². The maximum absolute atomic E-state index is 10.6. The molecule has 1 aliphatic heterocycles. The van der Waals surface area contributed by atoms with Crippen molar-refractivity contribution in [3.05, 3.63) is 35.4 Å². The fraction of sp³-hybridized carbons (Fsp3) is 0.462. The molecule has 1 aromatic carbocycles. The summed E-state index contributed by atoms with van der Waals surface area (Å²) >= 11 is 0. The number of benzene rings is 1. The molecule has 1 aromatic rings. The van der Waals surface area contributed by atoms with E-state index in [1.807, 2.05) is 0 Å². The maximum atomic E-state index is 10.6. The van der Waals surface area contributed by atoms with Gasteiger partial charge in [0, 0.05) is 19.0 Å². The van der Waals surface area contributed by atoms with Crippen LogP contribution in [0.25, 0.3) is 0 Å². The first kappa shape index (κ1) is 11.0. The van der Waals surface area contributed by atoms with Gasteiger partial charge in [-0.25, -0.2) is 4.79 Å². The minimum atomic E-state index is -0.807. The Bertz CT molecular complexity index is 366. The van der Waals surface area contributed by atoms with E-state index < -0.39 is 6.09 Å². The molecule has 1 saturated heterocycles. The van der Waals surface area contributed by atoms with Gasteiger partial charge in [0.2, 0.25) is 0 Å². The summed E-state index contributed by atoms with van der Waals surface area (Å²) < 4.78 is 0. The number of amides is 1. The van der Waals surface area contributed by atoms with Crippen molar-refractivity contribution in [3.63, 3.8) is 0 Å². The highest BCUT2D eigenvalue weighted by atomic mass is 16.4. The fourth-order valence-corrected chi connectivity index (χ4v) is 2.09. The van der Waals surface area contributed by atoms with Gasteiger partial charge in [-0.1, -0.05) is 37.6 Å². The van der Waals surface area contributed by atoms with Crippen molar-refractivity contribution in [2.45, 2.75) is 25.7 Å². The van der Waals surface area contributed by atoms with E-state index in [0.717, 1.165) is 12.8 Å². The normalized spacial score (nSPS) is 15.9. The van der Waals surface area contributed by atoms with E-state index in [0.29, 0.717) is 19.0 Å². The largest absolute Gasteiger partial charge is 0.465 e. The number of nitrogens with zero attached hydrogens (tertiary/aromatic N) is 1. The van der Waals surface area contributed by atoms with Gasteiger partial charge in [0.1, 0.15) is 0 Å². The summed E-state index contributed by atoms with van der Waals surface area (Å²) in [6.07, 6.45) is 1.47. The summed E-state index contributed by atoms with van der Waals surface area (Å²) in [6, 6.07) is 8.58. The molecular formula is C13H17NO2. The minimum Gasteiger partial charge on any atom is -0.465 e. The summed E-state index contributed by atoms with van der Waals surface area (Å²) in [7, 11) is 0. The number of rotatable bonds is 3. The van der Waals surface area contributed by atoms with Gasteiger partial charge >= 0.3 is 6.09 Å². The van der Waals surface area contributed by atoms with Crippen molar-refractivity contribution in [1.29, 1.82) is 0 Å². The molecule has 0 radical (unpaired) electrons. The van der Waals surface area contributed by atoms with Crippen molar-refractivity contribution >= 4 is 6.09 Å². The molecule has 0 spiro atoms. The zero-order valence-corrected chi connectivity index (χ0v) is 9.52. The highest BCUT2D eigenvalue weighted by Gasteiger charge is 2.31. The van der Waals surface area contributed by atoms with Crippen molar-refractivity contribution in [1.82, 2.24) is 4.90 Å². The predicted molar refractivity (Wildman–Crippen MR) is 62.8 cm³/mol. The smallest absolute Gasteiger partial charge is 0.407 e. The van der Waals surface area contributed by atoms with Crippen LogP contribution in [0.5, 0.6) is 0 Å². The fourth-order valence-electron chi connectivity index (χ4n) is 2.09. The van der Waals surface area contributed by atoms with Crippen LogP contribution in [-0.4, -0.2) is 29.2 Å². The Morgan fingerprint density at radius 1 is 1.38 bits per heavy atom. The van der Waals surface area contributed by atoms with E-state index in [4.69, 9.17) is 5.11 Å². The number of aryl methyl sites for hydroxylation is 1. The number of carboxylic acid groups (broad SMARTS) is 1. The summed E-state index contributed by atoms with van der Waals surface area (Å²) in [5.41, 5.74) is 2.62. The molecule has 0 unspecified atom stereocenters. The highest BCUT2D eigenvalue weighted by Crippen LogP contribution is 2.27. The number of likely N-dealkylation sites (tertiary alicyclic amines) is 1. The summed E-state index contributed by atoms with van der Waals surface area (Å²) in [4.78, 5) is 12.1. The molecule has 86 valence electrons. The molecule has 0 bridgehead atoms. The average molecular weight is 219 g/mol. The molecule has 1 N–H and O–H groups in total. The summed E-state index contributed by atoms with van der Waals surface area (Å²) in [6.45, 7) is 3.45. The van der Waals surface area contributed by atoms with Gasteiger partial charge in [0.15, 0.2) is 0 Å². The molecule has 0 saturated carbocycles. The lowest BCUT2D eigenvalue weighted by Crippen LogP contribution is -2.47. The lowest BCUT2D eigenvalue weighted by Gasteiger charge is -2.37. The minimum absolute atomic E-state index is 0.395. The molecular weight excluding hydrogens is 202 g/mol. The Balaban J connectivity index is 1.94. The molecule has 1 amide bonds. The molecule has 1 heterocycles. The van der Waals surface area contributed by atoms with Crippen molar-refractivity contribution in [2.24, 2.45) is 0 Å². The van der Waals surface area contributed by atoms with Gasteiger partial charge < -0.3 is 10.0 Å². The maximum Gasteiger partial charge on any atom is 0.407 e. The van der Waals surface area contributed by atoms with E-state index in [1.165, 1.54) is 16.0 Å². The molecule has 2 rings (SSSR count). The summed E-state index contributed by atoms with van der Waals surface area (Å²) in [5, 5.41) is 8.74. The van der Waals surface area contributed by atoms with Gasteiger partial charge in [-0.2, -0.15) is 0 Å². The molecule has 16 heavy (non-hydrogen) atoms. The van der Waals surface area contributed by atoms with Crippen LogP contribution in [-0.2, 0) is 6.42 Å². The van der Waals surface area contributed by atoms with Gasteiger partial charge in [-0.15, -0.1) is 0 Å². The third-order valence-electron chi connectivity index (χ3n) is 3.14. The van der Waals surface area contributed by atoms with Crippen LogP contribution in [0.1, 0.15) is 30.4 Å². The first-order valence-corrected chi connectivity index (χ1v) is 5.77. The number of carbonyl (C=O) groups is 1. The lowest BCUT2D eigenvalue weighted by atomic mass is 9.91. The zero-order chi connectivity index (χ0) is 11.5. The average Bonchev–Trinajstić information content (AvgIpc) is 2.18. The molecule has 3 nitrogen and oxygen atoms in total. The Labute approximate surface area is 95.7 Å². The summed E-state index contributed by atoms with van der Waals surface area (Å²) in [5.74, 6) is 0.395. The van der Waals surface area contributed by atoms with Crippen LogP contribution in [0.2, 0.25) is 0 Å². The molecule has 0 atom stereocenters. The Kier molecular flexibility index (Phi) is 3.13. The van der Waals surface area contributed by atoms with Gasteiger partial charge in [0.05, 0.1) is 0 Å². The quantitative estimate of drug-likeness (QED) is 0.849. The Morgan fingerprint density at radius 2 is 2.00 bits per heavy atom. The first-order chi connectivity index (χ1) is 7.70. The highest BCUT2D eigenvalue weighted by molar-refractivity contribution is 5.66. The number of hydrogen-bond donors (Lipinski definition) is 1. The monoisotopic (exact) mass is 219 g/mol. The first-order valence-electron chi connectivity index (χ1n) is 5.77. The Hall–Kier alpha value is -1.51. The molecule has 0 aromatic heterocycles. The van der Waals surface area contributed by atoms with Crippen LogP contribution in [0.15, 0.2) is 24.3 Å². The van der Waals surface area contributed by atoms with Crippen molar-refractivity contribution in [3.8, 4) is 0 Å². The van der Waals surface area contributed by atoms with Crippen molar-refractivity contribution < 1.29 is 9.90 Å². The van der Waals surface area contributed by atoms with Gasteiger partial charge in [0.25, 0.3) is 0 Å². The van der Waals surface area contributed by atoms with Crippen LogP contribution in [0.3, 0.4) is 0 Å². The second kappa shape index (κ2) is 4.56. The van der Waals surface area contributed by atoms with Crippen molar-refractivity contribution in [2.75, 3.05) is 13.1 Å². The standard InChI is InChI=1S/C13H17NO2/c1-2-3-10-4-6-11(7-5-10)12-8-14(9-12)13(15)16/h4-7,12H,2-3,8-9H2,1H3,(H,15,16). The third kappa shape index (κ3) is 2.18. The lowest BCUT2D eigenvalue weighted by molar-refractivity contribution is 0.105. The molecule has 3 heteroatoms.